The van der Waals surface area contributed by atoms with Crippen molar-refractivity contribution in [2.24, 2.45) is 11.1 Å². The Hall–Kier alpha value is -1.10. The van der Waals surface area contributed by atoms with Crippen LogP contribution < -0.4 is 10.5 Å². The molecule has 0 radical (unpaired) electrons. The summed E-state index contributed by atoms with van der Waals surface area (Å²) in [4.78, 5) is 2.34. The molecule has 20 heavy (non-hydrogen) atoms. The highest BCUT2D eigenvalue weighted by Crippen LogP contribution is 2.31. The van der Waals surface area contributed by atoms with Gasteiger partial charge in [-0.1, -0.05) is 18.2 Å². The lowest BCUT2D eigenvalue weighted by molar-refractivity contribution is 0.00260. The summed E-state index contributed by atoms with van der Waals surface area (Å²) >= 11 is 0. The molecule has 0 bridgehead atoms. The molecule has 2 N–H and O–H groups in total. The number of hydrogen-bond donors (Lipinski definition) is 1. The lowest BCUT2D eigenvalue weighted by atomic mass is 9.80. The summed E-state index contributed by atoms with van der Waals surface area (Å²) < 4.78 is 10.9. The van der Waals surface area contributed by atoms with E-state index < -0.39 is 0 Å². The first-order valence-electron chi connectivity index (χ1n) is 7.27. The Labute approximate surface area is 121 Å². The normalized spacial score (nSPS) is 18.2. The summed E-state index contributed by atoms with van der Waals surface area (Å²) in [5.41, 5.74) is 7.45. The third-order valence-electron chi connectivity index (χ3n) is 4.22. The van der Waals surface area contributed by atoms with E-state index in [0.717, 1.165) is 51.4 Å². The highest BCUT2D eigenvalue weighted by molar-refractivity contribution is 5.33. The molecule has 2 rings (SSSR count). The topological polar surface area (TPSA) is 47.7 Å². The molecule has 1 aliphatic rings. The Bertz CT molecular complexity index is 417. The van der Waals surface area contributed by atoms with Gasteiger partial charge in [-0.3, -0.25) is 0 Å². The molecule has 0 atom stereocenters. The predicted molar refractivity (Wildman–Crippen MR) is 80.9 cm³/mol. The smallest absolute Gasteiger partial charge is 0.123 e. The van der Waals surface area contributed by atoms with E-state index in [-0.39, 0.29) is 5.41 Å². The highest BCUT2D eigenvalue weighted by Gasteiger charge is 2.32. The van der Waals surface area contributed by atoms with E-state index in [9.17, 15) is 0 Å². The molecule has 0 aliphatic carbocycles. The van der Waals surface area contributed by atoms with Crippen LogP contribution in [0.2, 0.25) is 0 Å². The first-order valence-corrected chi connectivity index (χ1v) is 7.27. The van der Waals surface area contributed by atoms with Crippen molar-refractivity contribution in [2.75, 3.05) is 40.5 Å². The van der Waals surface area contributed by atoms with Crippen molar-refractivity contribution >= 4 is 0 Å². The van der Waals surface area contributed by atoms with Gasteiger partial charge in [0.05, 0.1) is 7.11 Å². The fraction of sp³-hybridized carbons (Fsp3) is 0.625. The van der Waals surface area contributed by atoms with Crippen LogP contribution in [0.3, 0.4) is 0 Å². The largest absolute Gasteiger partial charge is 0.496 e. The maximum atomic E-state index is 6.03. The summed E-state index contributed by atoms with van der Waals surface area (Å²) in [6.45, 7) is 4.28. The monoisotopic (exact) mass is 278 g/mol. The number of nitrogens with zero attached hydrogens (tertiary/aromatic N) is 1. The average Bonchev–Trinajstić information content (AvgIpc) is 2.48. The van der Waals surface area contributed by atoms with Crippen molar-refractivity contribution in [3.05, 3.63) is 29.8 Å². The molecule has 1 aromatic rings. The highest BCUT2D eigenvalue weighted by atomic mass is 16.5. The van der Waals surface area contributed by atoms with E-state index in [1.165, 1.54) is 5.56 Å². The van der Waals surface area contributed by atoms with Crippen LogP contribution >= 0.6 is 0 Å². The number of ether oxygens (including phenoxy) is 2. The molecule has 1 aliphatic heterocycles. The molecule has 4 nitrogen and oxygen atoms in total. The van der Waals surface area contributed by atoms with Crippen molar-refractivity contribution in [2.45, 2.75) is 19.4 Å². The summed E-state index contributed by atoms with van der Waals surface area (Å²) in [6.07, 6.45) is 2.11. The number of para-hydroxylation sites is 1. The summed E-state index contributed by atoms with van der Waals surface area (Å²) in [5, 5.41) is 0. The summed E-state index contributed by atoms with van der Waals surface area (Å²) in [6, 6.07) is 8.19. The van der Waals surface area contributed by atoms with Gasteiger partial charge in [-0.25, -0.2) is 0 Å². The second-order valence-corrected chi connectivity index (χ2v) is 5.80. The molecule has 1 fully saturated rings. The molecule has 1 aromatic carbocycles. The molecule has 0 spiro atoms. The van der Waals surface area contributed by atoms with Crippen LogP contribution in [0.5, 0.6) is 5.75 Å². The van der Waals surface area contributed by atoms with Gasteiger partial charge in [0.2, 0.25) is 0 Å². The fourth-order valence-electron chi connectivity index (χ4n) is 2.98. The van der Waals surface area contributed by atoms with Gasteiger partial charge in [-0.05, 0) is 37.9 Å². The van der Waals surface area contributed by atoms with Crippen LogP contribution in [0, 0.1) is 5.41 Å². The van der Waals surface area contributed by atoms with Crippen molar-refractivity contribution in [1.82, 2.24) is 4.90 Å². The quantitative estimate of drug-likeness (QED) is 0.863. The van der Waals surface area contributed by atoms with Crippen molar-refractivity contribution in [1.29, 1.82) is 0 Å². The average molecular weight is 278 g/mol. The SMILES string of the molecule is COc1ccccc1CN(C)CC1(CN)CCOCC1. The Morgan fingerprint density at radius 3 is 2.65 bits per heavy atom. The predicted octanol–water partition coefficient (Wildman–Crippen LogP) is 1.88. The second kappa shape index (κ2) is 7.07. The van der Waals surface area contributed by atoms with Crippen LogP contribution in [-0.2, 0) is 11.3 Å². The summed E-state index contributed by atoms with van der Waals surface area (Å²) in [5.74, 6) is 0.952. The molecule has 4 heteroatoms. The van der Waals surface area contributed by atoms with Crippen LogP contribution in [0.25, 0.3) is 0 Å². The first-order chi connectivity index (χ1) is 9.69. The third kappa shape index (κ3) is 3.72. The van der Waals surface area contributed by atoms with Crippen molar-refractivity contribution in [3.63, 3.8) is 0 Å². The van der Waals surface area contributed by atoms with Gasteiger partial charge in [0.25, 0.3) is 0 Å². The molecular weight excluding hydrogens is 252 g/mol. The second-order valence-electron chi connectivity index (χ2n) is 5.80. The number of methoxy groups -OCH3 is 1. The number of nitrogens with two attached hydrogens (primary N) is 1. The van der Waals surface area contributed by atoms with Crippen LogP contribution in [-0.4, -0.2) is 45.4 Å². The standard InChI is InChI=1S/C16H26N2O2/c1-18(11-14-5-3-4-6-15(14)19-2)13-16(12-17)7-9-20-10-8-16/h3-6H,7-13,17H2,1-2H3. The minimum atomic E-state index is 0.203. The Morgan fingerprint density at radius 1 is 1.30 bits per heavy atom. The van der Waals surface area contributed by atoms with Gasteiger partial charge in [0.15, 0.2) is 0 Å². The van der Waals surface area contributed by atoms with Gasteiger partial charge in [0.1, 0.15) is 5.75 Å². The maximum Gasteiger partial charge on any atom is 0.123 e. The van der Waals surface area contributed by atoms with Gasteiger partial charge in [-0.2, -0.15) is 0 Å². The number of hydrogen-bond acceptors (Lipinski definition) is 4. The third-order valence-corrected chi connectivity index (χ3v) is 4.22. The zero-order valence-electron chi connectivity index (χ0n) is 12.6. The Morgan fingerprint density at radius 2 is 2.00 bits per heavy atom. The first kappa shape index (κ1) is 15.3. The van der Waals surface area contributed by atoms with Gasteiger partial charge >= 0.3 is 0 Å². The minimum absolute atomic E-state index is 0.203. The molecule has 112 valence electrons. The van der Waals surface area contributed by atoms with Crippen LogP contribution in [0.4, 0.5) is 0 Å². The van der Waals surface area contributed by atoms with E-state index in [2.05, 4.69) is 24.1 Å². The number of rotatable bonds is 6. The van der Waals surface area contributed by atoms with Gasteiger partial charge < -0.3 is 20.1 Å². The Kier molecular flexibility index (Phi) is 5.40. The minimum Gasteiger partial charge on any atom is -0.496 e. The summed E-state index contributed by atoms with van der Waals surface area (Å²) in [7, 11) is 3.87. The molecule has 0 aromatic heterocycles. The van der Waals surface area contributed by atoms with E-state index in [0.29, 0.717) is 0 Å². The maximum absolute atomic E-state index is 6.03. The number of benzene rings is 1. The molecular formula is C16H26N2O2. The van der Waals surface area contributed by atoms with E-state index in [4.69, 9.17) is 15.2 Å². The zero-order valence-corrected chi connectivity index (χ0v) is 12.6. The Balaban J connectivity index is 1.99. The van der Waals surface area contributed by atoms with E-state index in [1.807, 2.05) is 12.1 Å². The van der Waals surface area contributed by atoms with Gasteiger partial charge in [0, 0.05) is 31.9 Å². The lowest BCUT2D eigenvalue weighted by Crippen LogP contribution is -2.44. The molecule has 1 saturated heterocycles. The van der Waals surface area contributed by atoms with E-state index >= 15 is 0 Å². The van der Waals surface area contributed by atoms with Crippen molar-refractivity contribution < 1.29 is 9.47 Å². The van der Waals surface area contributed by atoms with Crippen molar-refractivity contribution in [3.8, 4) is 5.75 Å². The zero-order chi connectivity index (χ0) is 14.4. The fourth-order valence-corrected chi connectivity index (χ4v) is 2.98. The molecule has 0 saturated carbocycles. The van der Waals surface area contributed by atoms with E-state index in [1.54, 1.807) is 7.11 Å². The van der Waals surface area contributed by atoms with Crippen LogP contribution in [0.15, 0.2) is 24.3 Å². The van der Waals surface area contributed by atoms with Crippen LogP contribution in [0.1, 0.15) is 18.4 Å². The van der Waals surface area contributed by atoms with Gasteiger partial charge in [-0.15, -0.1) is 0 Å². The lowest BCUT2D eigenvalue weighted by Gasteiger charge is -2.39. The molecule has 0 unspecified atom stereocenters. The molecule has 1 heterocycles. The molecule has 0 amide bonds.